The predicted octanol–water partition coefficient (Wildman–Crippen LogP) is 2.67. The van der Waals surface area contributed by atoms with Crippen LogP contribution in [0.25, 0.3) is 0 Å². The Hall–Kier alpha value is -1.91. The van der Waals surface area contributed by atoms with Crippen LogP contribution < -0.4 is 5.32 Å². The van der Waals surface area contributed by atoms with Gasteiger partial charge in [-0.15, -0.1) is 0 Å². The van der Waals surface area contributed by atoms with Crippen molar-refractivity contribution in [2.75, 3.05) is 13.1 Å². The van der Waals surface area contributed by atoms with Gasteiger partial charge in [-0.05, 0) is 49.8 Å². The van der Waals surface area contributed by atoms with Gasteiger partial charge < -0.3 is 10.2 Å². The molecule has 0 spiro atoms. The molecule has 1 saturated heterocycles. The molecule has 0 radical (unpaired) electrons. The zero-order valence-electron chi connectivity index (χ0n) is 14.0. The van der Waals surface area contributed by atoms with E-state index in [2.05, 4.69) is 5.32 Å². The zero-order chi connectivity index (χ0) is 16.9. The van der Waals surface area contributed by atoms with Crippen molar-refractivity contribution in [3.05, 3.63) is 35.6 Å². The molecule has 1 aliphatic heterocycles. The molecule has 0 unspecified atom stereocenters. The Kier molecular flexibility index (Phi) is 5.48. The summed E-state index contributed by atoms with van der Waals surface area (Å²) in [4.78, 5) is 26.4. The van der Waals surface area contributed by atoms with Crippen LogP contribution in [0.15, 0.2) is 24.3 Å². The number of carbonyl (C=O) groups is 2. The number of benzene rings is 1. The highest BCUT2D eigenvalue weighted by atomic mass is 19.1. The summed E-state index contributed by atoms with van der Waals surface area (Å²) in [6, 6.07) is 6.66. The van der Waals surface area contributed by atoms with Gasteiger partial charge in [0.05, 0.1) is 6.54 Å². The van der Waals surface area contributed by atoms with Crippen LogP contribution in [0.5, 0.6) is 0 Å². The van der Waals surface area contributed by atoms with Crippen LogP contribution in [0.1, 0.15) is 44.1 Å². The van der Waals surface area contributed by atoms with Crippen LogP contribution in [0.4, 0.5) is 4.39 Å². The van der Waals surface area contributed by atoms with Crippen molar-refractivity contribution in [3.8, 4) is 0 Å². The summed E-state index contributed by atoms with van der Waals surface area (Å²) in [5.41, 5.74) is 0.912. The number of hydrogen-bond donors (Lipinski definition) is 1. The minimum absolute atomic E-state index is 0.0155. The molecule has 1 aromatic carbocycles. The first-order chi connectivity index (χ1) is 11.6. The molecular formula is C19H25FN2O2. The minimum Gasteiger partial charge on any atom is -0.347 e. The average Bonchev–Trinajstić information content (AvgIpc) is 3.24. The fourth-order valence-electron chi connectivity index (χ4n) is 3.91. The second-order valence-electron chi connectivity index (χ2n) is 6.92. The molecule has 1 N–H and O–H groups in total. The Morgan fingerprint density at radius 1 is 1.17 bits per heavy atom. The first-order valence-corrected chi connectivity index (χ1v) is 8.95. The molecule has 2 fully saturated rings. The topological polar surface area (TPSA) is 49.4 Å². The van der Waals surface area contributed by atoms with Gasteiger partial charge in [0.1, 0.15) is 5.82 Å². The molecule has 3 rings (SSSR count). The molecule has 1 aromatic rings. The lowest BCUT2D eigenvalue weighted by atomic mass is 10.0. The smallest absolute Gasteiger partial charge is 0.242 e. The maximum absolute atomic E-state index is 13.3. The Labute approximate surface area is 142 Å². The number of rotatable bonds is 5. The summed E-state index contributed by atoms with van der Waals surface area (Å²) in [5.74, 6) is -0.173. The molecule has 5 heteroatoms. The number of nitrogens with zero attached hydrogens (tertiary/aromatic N) is 1. The maximum atomic E-state index is 13.3. The standard InChI is InChI=1S/C19H25FN2O2/c20-16-8-3-5-14(11-16)12-17-9-4-10-22(17)18(23)13-21-19(24)15-6-1-2-7-15/h3,5,8,11,15,17H,1-2,4,6-7,9-10,12-13H2,(H,21,24)/t17-/m1/s1. The second kappa shape index (κ2) is 7.77. The van der Waals surface area contributed by atoms with E-state index in [0.717, 1.165) is 50.6 Å². The van der Waals surface area contributed by atoms with Crippen molar-refractivity contribution in [2.24, 2.45) is 5.92 Å². The van der Waals surface area contributed by atoms with Crippen molar-refractivity contribution in [1.82, 2.24) is 10.2 Å². The zero-order valence-corrected chi connectivity index (χ0v) is 14.0. The molecule has 0 bridgehead atoms. The highest BCUT2D eigenvalue weighted by Gasteiger charge is 2.29. The molecule has 2 amide bonds. The number of amides is 2. The van der Waals surface area contributed by atoms with E-state index in [-0.39, 0.29) is 36.1 Å². The number of carbonyl (C=O) groups excluding carboxylic acids is 2. The lowest BCUT2D eigenvalue weighted by Crippen LogP contribution is -2.44. The van der Waals surface area contributed by atoms with Crippen LogP contribution >= 0.6 is 0 Å². The van der Waals surface area contributed by atoms with Crippen molar-refractivity contribution < 1.29 is 14.0 Å². The summed E-state index contributed by atoms with van der Waals surface area (Å²) in [6.45, 7) is 0.799. The maximum Gasteiger partial charge on any atom is 0.242 e. The van der Waals surface area contributed by atoms with Crippen LogP contribution in [0.3, 0.4) is 0 Å². The van der Waals surface area contributed by atoms with E-state index >= 15 is 0 Å². The number of nitrogens with one attached hydrogen (secondary N) is 1. The Morgan fingerprint density at radius 2 is 1.96 bits per heavy atom. The van der Waals surface area contributed by atoms with Gasteiger partial charge in [-0.2, -0.15) is 0 Å². The van der Waals surface area contributed by atoms with Gasteiger partial charge in [0, 0.05) is 18.5 Å². The summed E-state index contributed by atoms with van der Waals surface area (Å²) in [6.07, 6.45) is 6.64. The van der Waals surface area contributed by atoms with Crippen LogP contribution in [-0.2, 0) is 16.0 Å². The van der Waals surface area contributed by atoms with Crippen molar-refractivity contribution in [1.29, 1.82) is 0 Å². The molecule has 1 heterocycles. The minimum atomic E-state index is -0.243. The van der Waals surface area contributed by atoms with Crippen LogP contribution in [0, 0.1) is 11.7 Å². The van der Waals surface area contributed by atoms with Gasteiger partial charge in [0.25, 0.3) is 0 Å². The molecule has 1 aliphatic carbocycles. The summed E-state index contributed by atoms with van der Waals surface area (Å²) < 4.78 is 13.3. The number of hydrogen-bond acceptors (Lipinski definition) is 2. The molecule has 1 atom stereocenters. The van der Waals surface area contributed by atoms with E-state index in [1.165, 1.54) is 12.1 Å². The summed E-state index contributed by atoms with van der Waals surface area (Å²) >= 11 is 0. The normalized spacial score (nSPS) is 21.2. The van der Waals surface area contributed by atoms with Crippen molar-refractivity contribution in [2.45, 2.75) is 51.0 Å². The van der Waals surface area contributed by atoms with Gasteiger partial charge in [0.2, 0.25) is 11.8 Å². The lowest BCUT2D eigenvalue weighted by Gasteiger charge is -2.25. The predicted molar refractivity (Wildman–Crippen MR) is 89.8 cm³/mol. The third-order valence-electron chi connectivity index (χ3n) is 5.20. The first-order valence-electron chi connectivity index (χ1n) is 8.95. The molecular weight excluding hydrogens is 307 g/mol. The fourth-order valence-corrected chi connectivity index (χ4v) is 3.91. The molecule has 0 aromatic heterocycles. The van der Waals surface area contributed by atoms with E-state index in [1.807, 2.05) is 11.0 Å². The molecule has 130 valence electrons. The first kappa shape index (κ1) is 16.9. The van der Waals surface area contributed by atoms with Gasteiger partial charge in [-0.25, -0.2) is 4.39 Å². The molecule has 1 saturated carbocycles. The third kappa shape index (κ3) is 4.13. The summed E-state index contributed by atoms with van der Waals surface area (Å²) in [5, 5.41) is 2.80. The van der Waals surface area contributed by atoms with E-state index in [1.54, 1.807) is 6.07 Å². The Balaban J connectivity index is 1.52. The van der Waals surface area contributed by atoms with Crippen molar-refractivity contribution >= 4 is 11.8 Å². The van der Waals surface area contributed by atoms with Crippen LogP contribution in [-0.4, -0.2) is 35.8 Å². The lowest BCUT2D eigenvalue weighted by molar-refractivity contribution is -0.134. The van der Waals surface area contributed by atoms with Crippen molar-refractivity contribution in [3.63, 3.8) is 0 Å². The van der Waals surface area contributed by atoms with Gasteiger partial charge in [0.15, 0.2) is 0 Å². The van der Waals surface area contributed by atoms with E-state index < -0.39 is 0 Å². The van der Waals surface area contributed by atoms with Gasteiger partial charge in [-0.1, -0.05) is 25.0 Å². The molecule has 4 nitrogen and oxygen atoms in total. The highest BCUT2D eigenvalue weighted by molar-refractivity contribution is 5.86. The molecule has 2 aliphatic rings. The number of halogens is 1. The Morgan fingerprint density at radius 3 is 2.71 bits per heavy atom. The highest BCUT2D eigenvalue weighted by Crippen LogP contribution is 2.25. The van der Waals surface area contributed by atoms with E-state index in [0.29, 0.717) is 6.42 Å². The van der Waals surface area contributed by atoms with E-state index in [4.69, 9.17) is 0 Å². The third-order valence-corrected chi connectivity index (χ3v) is 5.20. The molecule has 24 heavy (non-hydrogen) atoms. The number of likely N-dealkylation sites (tertiary alicyclic amines) is 1. The van der Waals surface area contributed by atoms with Gasteiger partial charge in [-0.3, -0.25) is 9.59 Å². The second-order valence-corrected chi connectivity index (χ2v) is 6.92. The quantitative estimate of drug-likeness (QED) is 0.901. The van der Waals surface area contributed by atoms with Gasteiger partial charge >= 0.3 is 0 Å². The average molecular weight is 332 g/mol. The monoisotopic (exact) mass is 332 g/mol. The fraction of sp³-hybridized carbons (Fsp3) is 0.579. The van der Waals surface area contributed by atoms with Crippen LogP contribution in [0.2, 0.25) is 0 Å². The largest absolute Gasteiger partial charge is 0.347 e. The SMILES string of the molecule is O=C(NCC(=O)N1CCC[C@@H]1Cc1cccc(F)c1)C1CCCC1. The van der Waals surface area contributed by atoms with E-state index in [9.17, 15) is 14.0 Å². The summed E-state index contributed by atoms with van der Waals surface area (Å²) in [7, 11) is 0. The Bertz CT molecular complexity index is 599.